The van der Waals surface area contributed by atoms with Gasteiger partial charge in [-0.3, -0.25) is 19.6 Å². The first-order valence-corrected chi connectivity index (χ1v) is 10.2. The Balaban J connectivity index is 1.48. The van der Waals surface area contributed by atoms with E-state index in [0.717, 1.165) is 5.56 Å². The van der Waals surface area contributed by atoms with E-state index in [-0.39, 0.29) is 30.4 Å². The molecule has 156 valence electrons. The SMILES string of the molecule is O=C(c1ccncc1)N1CC2(C1)[C@H](c1ccccc1)[C@@H](CO)N2C(=O)c1ccncc1. The molecule has 2 aliphatic rings. The van der Waals surface area contributed by atoms with E-state index in [1.54, 1.807) is 58.9 Å². The van der Waals surface area contributed by atoms with Crippen LogP contribution in [0, 0.1) is 0 Å². The summed E-state index contributed by atoms with van der Waals surface area (Å²) in [5.74, 6) is -0.279. The molecule has 2 aromatic heterocycles. The number of hydrogen-bond acceptors (Lipinski definition) is 5. The molecule has 5 rings (SSSR count). The molecule has 0 saturated carbocycles. The van der Waals surface area contributed by atoms with Gasteiger partial charge in [-0.1, -0.05) is 30.3 Å². The van der Waals surface area contributed by atoms with Crippen molar-refractivity contribution in [3.8, 4) is 0 Å². The predicted molar refractivity (Wildman–Crippen MR) is 113 cm³/mol. The van der Waals surface area contributed by atoms with Gasteiger partial charge in [-0.15, -0.1) is 0 Å². The minimum Gasteiger partial charge on any atom is -0.394 e. The van der Waals surface area contributed by atoms with Crippen LogP contribution in [-0.2, 0) is 0 Å². The fourth-order valence-electron chi connectivity index (χ4n) is 5.06. The number of hydrogen-bond donors (Lipinski definition) is 1. The van der Waals surface area contributed by atoms with E-state index < -0.39 is 5.54 Å². The van der Waals surface area contributed by atoms with Crippen molar-refractivity contribution in [2.75, 3.05) is 19.7 Å². The second kappa shape index (κ2) is 7.59. The van der Waals surface area contributed by atoms with Gasteiger partial charge in [0, 0.05) is 54.9 Å². The summed E-state index contributed by atoms with van der Waals surface area (Å²) in [6.45, 7) is 0.693. The number of aromatic nitrogens is 2. The number of amides is 2. The molecule has 31 heavy (non-hydrogen) atoms. The molecular weight excluding hydrogens is 392 g/mol. The number of carbonyl (C=O) groups is 2. The highest BCUT2D eigenvalue weighted by Crippen LogP contribution is 2.54. The van der Waals surface area contributed by atoms with Crippen LogP contribution in [0.2, 0.25) is 0 Å². The first kappa shape index (κ1) is 19.4. The number of carbonyl (C=O) groups excluding carboxylic acids is 2. The van der Waals surface area contributed by atoms with Crippen LogP contribution in [0.5, 0.6) is 0 Å². The third kappa shape index (κ3) is 3.00. The van der Waals surface area contributed by atoms with E-state index in [1.165, 1.54) is 0 Å². The highest BCUT2D eigenvalue weighted by Gasteiger charge is 2.68. The van der Waals surface area contributed by atoms with Crippen LogP contribution in [0.1, 0.15) is 32.2 Å². The molecule has 0 aliphatic carbocycles. The van der Waals surface area contributed by atoms with Crippen molar-refractivity contribution in [2.45, 2.75) is 17.5 Å². The number of benzene rings is 1. The second-order valence-electron chi connectivity index (χ2n) is 8.05. The number of aliphatic hydroxyl groups excluding tert-OH is 1. The molecule has 2 atom stereocenters. The van der Waals surface area contributed by atoms with Crippen molar-refractivity contribution in [3.63, 3.8) is 0 Å². The van der Waals surface area contributed by atoms with Crippen molar-refractivity contribution in [2.24, 2.45) is 0 Å². The van der Waals surface area contributed by atoms with Crippen LogP contribution in [0.15, 0.2) is 79.4 Å². The van der Waals surface area contributed by atoms with Gasteiger partial charge < -0.3 is 14.9 Å². The number of rotatable bonds is 4. The van der Waals surface area contributed by atoms with Crippen molar-refractivity contribution >= 4 is 11.8 Å². The highest BCUT2D eigenvalue weighted by atomic mass is 16.3. The van der Waals surface area contributed by atoms with Gasteiger partial charge in [0.2, 0.25) is 0 Å². The molecule has 2 aliphatic heterocycles. The van der Waals surface area contributed by atoms with Gasteiger partial charge in [0.05, 0.1) is 18.2 Å². The summed E-state index contributed by atoms with van der Waals surface area (Å²) in [4.78, 5) is 37.8. The third-order valence-electron chi connectivity index (χ3n) is 6.41. The van der Waals surface area contributed by atoms with E-state index in [1.807, 2.05) is 30.3 Å². The van der Waals surface area contributed by atoms with Crippen molar-refractivity contribution < 1.29 is 14.7 Å². The number of aliphatic hydroxyl groups is 1. The Morgan fingerprint density at radius 3 is 1.97 bits per heavy atom. The lowest BCUT2D eigenvalue weighted by Crippen LogP contribution is -2.86. The van der Waals surface area contributed by atoms with Crippen LogP contribution in [0.3, 0.4) is 0 Å². The lowest BCUT2D eigenvalue weighted by molar-refractivity contribution is -0.152. The topological polar surface area (TPSA) is 86.6 Å². The Hall–Kier alpha value is -3.58. The molecule has 7 nitrogen and oxygen atoms in total. The molecule has 2 amide bonds. The first-order valence-electron chi connectivity index (χ1n) is 10.2. The van der Waals surface area contributed by atoms with Gasteiger partial charge in [-0.25, -0.2) is 0 Å². The number of nitrogens with zero attached hydrogens (tertiary/aromatic N) is 4. The quantitative estimate of drug-likeness (QED) is 0.705. The molecule has 3 aromatic rings. The summed E-state index contributed by atoms with van der Waals surface area (Å²) in [7, 11) is 0. The standard InChI is InChI=1S/C24H22N4O3/c29-14-20-21(17-4-2-1-3-5-17)24(28(20)23(31)19-8-12-26-13-9-19)15-27(16-24)22(30)18-6-10-25-11-7-18/h1-13,20-21,29H,14-16H2/t20-,21-/m1/s1. The highest BCUT2D eigenvalue weighted by molar-refractivity contribution is 5.98. The summed E-state index contributed by atoms with van der Waals surface area (Å²) < 4.78 is 0. The molecule has 2 saturated heterocycles. The smallest absolute Gasteiger partial charge is 0.254 e. The van der Waals surface area contributed by atoms with Crippen LogP contribution in [0.4, 0.5) is 0 Å². The zero-order chi connectivity index (χ0) is 21.4. The Kier molecular flexibility index (Phi) is 4.75. The third-order valence-corrected chi connectivity index (χ3v) is 6.41. The maximum absolute atomic E-state index is 13.4. The Labute approximate surface area is 180 Å². The second-order valence-corrected chi connectivity index (χ2v) is 8.05. The predicted octanol–water partition coefficient (Wildman–Crippen LogP) is 1.97. The summed E-state index contributed by atoms with van der Waals surface area (Å²) in [5.41, 5.74) is 1.62. The fourth-order valence-corrected chi connectivity index (χ4v) is 5.06. The molecule has 7 heteroatoms. The maximum Gasteiger partial charge on any atom is 0.254 e. The number of likely N-dealkylation sites (tertiary alicyclic amines) is 2. The summed E-state index contributed by atoms with van der Waals surface area (Å²) in [6, 6.07) is 16.3. The maximum atomic E-state index is 13.4. The monoisotopic (exact) mass is 414 g/mol. The Morgan fingerprint density at radius 1 is 0.871 bits per heavy atom. The van der Waals surface area contributed by atoms with Gasteiger partial charge in [-0.05, 0) is 29.8 Å². The fraction of sp³-hybridized carbons (Fsp3) is 0.250. The van der Waals surface area contributed by atoms with Gasteiger partial charge in [0.25, 0.3) is 11.8 Å². The molecule has 1 spiro atoms. The molecule has 0 bridgehead atoms. The first-order chi connectivity index (χ1) is 15.2. The van der Waals surface area contributed by atoms with Crippen LogP contribution >= 0.6 is 0 Å². The average molecular weight is 414 g/mol. The zero-order valence-electron chi connectivity index (χ0n) is 16.8. The molecule has 1 N–H and O–H groups in total. The molecule has 4 heterocycles. The summed E-state index contributed by atoms with van der Waals surface area (Å²) in [6.07, 6.45) is 6.37. The number of pyridine rings is 2. The van der Waals surface area contributed by atoms with Crippen LogP contribution in [0.25, 0.3) is 0 Å². The van der Waals surface area contributed by atoms with Crippen LogP contribution < -0.4 is 0 Å². The molecule has 0 radical (unpaired) electrons. The van der Waals surface area contributed by atoms with E-state index in [4.69, 9.17) is 0 Å². The normalized spacial score (nSPS) is 21.3. The van der Waals surface area contributed by atoms with E-state index in [9.17, 15) is 14.7 Å². The molecule has 0 unspecified atom stereocenters. The largest absolute Gasteiger partial charge is 0.394 e. The molecule has 1 aromatic carbocycles. The van der Waals surface area contributed by atoms with Gasteiger partial charge in [-0.2, -0.15) is 0 Å². The lowest BCUT2D eigenvalue weighted by Gasteiger charge is -2.70. The minimum absolute atomic E-state index is 0.0500. The summed E-state index contributed by atoms with van der Waals surface area (Å²) >= 11 is 0. The minimum atomic E-state index is -0.544. The molecule has 2 fully saturated rings. The zero-order valence-corrected chi connectivity index (χ0v) is 16.8. The van der Waals surface area contributed by atoms with Gasteiger partial charge in [0.1, 0.15) is 0 Å². The van der Waals surface area contributed by atoms with E-state index in [2.05, 4.69) is 9.97 Å². The summed E-state index contributed by atoms with van der Waals surface area (Å²) in [5, 5.41) is 10.2. The van der Waals surface area contributed by atoms with Gasteiger partial charge >= 0.3 is 0 Å². The lowest BCUT2D eigenvalue weighted by atomic mass is 9.60. The average Bonchev–Trinajstić information content (AvgIpc) is 2.79. The van der Waals surface area contributed by atoms with Crippen molar-refractivity contribution in [1.82, 2.24) is 19.8 Å². The molecular formula is C24H22N4O3. The van der Waals surface area contributed by atoms with Crippen molar-refractivity contribution in [1.29, 1.82) is 0 Å². The van der Waals surface area contributed by atoms with Crippen LogP contribution in [-0.4, -0.2) is 68.0 Å². The van der Waals surface area contributed by atoms with Crippen molar-refractivity contribution in [3.05, 3.63) is 96.1 Å². The van der Waals surface area contributed by atoms with E-state index >= 15 is 0 Å². The van der Waals surface area contributed by atoms with Gasteiger partial charge in [0.15, 0.2) is 0 Å². The van der Waals surface area contributed by atoms with E-state index in [0.29, 0.717) is 24.2 Å². The Bertz CT molecular complexity index is 1090. The Morgan fingerprint density at radius 2 is 1.42 bits per heavy atom.